The van der Waals surface area contributed by atoms with Crippen molar-refractivity contribution in [2.24, 2.45) is 11.8 Å². The van der Waals surface area contributed by atoms with E-state index in [-0.39, 0.29) is 16.7 Å². The van der Waals surface area contributed by atoms with Crippen LogP contribution in [0.1, 0.15) is 138 Å². The van der Waals surface area contributed by atoms with E-state index in [1.54, 1.807) is 5.57 Å². The normalized spacial score (nSPS) is 22.7. The van der Waals surface area contributed by atoms with E-state index < -0.39 is 8.80 Å². The highest BCUT2D eigenvalue weighted by molar-refractivity contribution is 6.60. The molecule has 1 saturated carbocycles. The van der Waals surface area contributed by atoms with Gasteiger partial charge in [0.25, 0.3) is 0 Å². The van der Waals surface area contributed by atoms with Crippen LogP contribution in [0.15, 0.2) is 84.1 Å². The van der Waals surface area contributed by atoms with Gasteiger partial charge in [-0.3, -0.25) is 9.69 Å². The highest BCUT2D eigenvalue weighted by Gasteiger charge is 2.45. The van der Waals surface area contributed by atoms with E-state index in [2.05, 4.69) is 134 Å². The number of nitrogens with zero attached hydrogens (tertiary/aromatic N) is 3. The molecule has 8 nitrogen and oxygen atoms in total. The minimum atomic E-state index is -2.68. The van der Waals surface area contributed by atoms with Crippen molar-refractivity contribution in [3.05, 3.63) is 95.2 Å². The number of rotatable bonds is 22. The Hall–Kier alpha value is -3.34. The summed E-state index contributed by atoms with van der Waals surface area (Å²) in [5.74, 6) is 1.27. The fourth-order valence-electron chi connectivity index (χ4n) is 11.1. The summed E-state index contributed by atoms with van der Waals surface area (Å²) in [5, 5.41) is 3.16. The number of hydrogen-bond donors (Lipinski definition) is 1. The molecule has 2 fully saturated rings. The van der Waals surface area contributed by atoms with Crippen LogP contribution in [0.3, 0.4) is 0 Å². The van der Waals surface area contributed by atoms with E-state index in [1.807, 2.05) is 20.8 Å². The largest absolute Gasteiger partial charge is 0.500 e. The molecule has 2 aromatic rings. The second kappa shape index (κ2) is 22.0. The molecule has 0 aromatic heterocycles. The number of amides is 1. The number of allylic oxidation sites excluding steroid dienone is 4. The highest BCUT2D eigenvalue weighted by Crippen LogP contribution is 2.48. The van der Waals surface area contributed by atoms with E-state index in [1.165, 1.54) is 53.2 Å². The Morgan fingerprint density at radius 2 is 1.52 bits per heavy atom. The summed E-state index contributed by atoms with van der Waals surface area (Å²) < 4.78 is 20.6. The Morgan fingerprint density at radius 3 is 2.19 bits per heavy atom. The lowest BCUT2D eigenvalue weighted by Crippen LogP contribution is -2.46. The first-order valence-corrected chi connectivity index (χ1v) is 26.5. The number of para-hydroxylation sites is 2. The molecule has 2 atom stereocenters. The highest BCUT2D eigenvalue weighted by atomic mass is 28.4. The van der Waals surface area contributed by atoms with Gasteiger partial charge in [-0.1, -0.05) is 81.8 Å². The van der Waals surface area contributed by atoms with Crippen LogP contribution in [-0.4, -0.2) is 88.5 Å². The van der Waals surface area contributed by atoms with Gasteiger partial charge >= 0.3 is 8.80 Å². The number of nitrogens with one attached hydrogen (secondary N) is 1. The number of hydrogen-bond acceptors (Lipinski definition) is 6. The van der Waals surface area contributed by atoms with Crippen LogP contribution in [-0.2, 0) is 28.9 Å². The number of carbonyl (C=O) groups excluding carboxylic acids is 1. The van der Waals surface area contributed by atoms with Gasteiger partial charge in [-0.25, -0.2) is 0 Å². The molecule has 6 rings (SSSR count). The lowest BCUT2D eigenvalue weighted by atomic mass is 9.81. The lowest BCUT2D eigenvalue weighted by molar-refractivity contribution is -0.437. The first-order chi connectivity index (χ1) is 29.9. The number of carbonyl (C=O) groups is 1. The molecule has 3 aliphatic heterocycles. The van der Waals surface area contributed by atoms with E-state index in [9.17, 15) is 4.79 Å². The molecule has 340 valence electrons. The fourth-order valence-corrected chi connectivity index (χ4v) is 13.7. The molecule has 2 unspecified atom stereocenters. The van der Waals surface area contributed by atoms with Gasteiger partial charge in [0.2, 0.25) is 11.6 Å². The van der Waals surface area contributed by atoms with Crippen molar-refractivity contribution in [1.29, 1.82) is 0 Å². The SMILES string of the molecule is CCCN1/C(=C/C=C2\CCC(/C=C/C3=[N+](CCC)c4ccccc4C3(C)C)C2N2CCC(CCCC(=O)NCCC[Si](OCC)(OCC)OCC)CC2)C(C)(C)c2ccccc21. The zero-order valence-electron chi connectivity index (χ0n) is 40.1. The van der Waals surface area contributed by atoms with Gasteiger partial charge < -0.3 is 23.5 Å². The quantitative estimate of drug-likeness (QED) is 0.0723. The minimum absolute atomic E-state index is 0.0370. The zero-order valence-corrected chi connectivity index (χ0v) is 41.1. The third-order valence-corrected chi connectivity index (χ3v) is 17.3. The summed E-state index contributed by atoms with van der Waals surface area (Å²) in [4.78, 5) is 18.3. The first kappa shape index (κ1) is 48.1. The first-order valence-electron chi connectivity index (χ1n) is 24.6. The third kappa shape index (κ3) is 10.8. The molecular weight excluding hydrogens is 785 g/mol. The average molecular weight is 866 g/mol. The van der Waals surface area contributed by atoms with Crippen LogP contribution in [0.4, 0.5) is 11.4 Å². The summed E-state index contributed by atoms with van der Waals surface area (Å²) in [6, 6.07) is 19.2. The molecule has 0 bridgehead atoms. The van der Waals surface area contributed by atoms with Crippen molar-refractivity contribution in [3.8, 4) is 0 Å². The average Bonchev–Trinajstić information content (AvgIpc) is 3.83. The third-order valence-electron chi connectivity index (χ3n) is 14.1. The number of fused-ring (bicyclic) bond motifs is 2. The molecule has 3 heterocycles. The summed E-state index contributed by atoms with van der Waals surface area (Å²) >= 11 is 0. The number of piperidine rings is 1. The summed E-state index contributed by atoms with van der Waals surface area (Å²) in [6.07, 6.45) is 20.5. The molecule has 4 aliphatic rings. The molecule has 9 heteroatoms. The number of benzene rings is 2. The maximum atomic E-state index is 12.9. The molecule has 1 saturated heterocycles. The Labute approximate surface area is 377 Å². The van der Waals surface area contributed by atoms with E-state index in [0.29, 0.717) is 50.7 Å². The minimum Gasteiger partial charge on any atom is -0.374 e. The van der Waals surface area contributed by atoms with Crippen LogP contribution < -0.4 is 10.2 Å². The monoisotopic (exact) mass is 866 g/mol. The summed E-state index contributed by atoms with van der Waals surface area (Å²) in [6.45, 7) is 26.8. The maximum Gasteiger partial charge on any atom is 0.500 e. The van der Waals surface area contributed by atoms with Crippen molar-refractivity contribution in [2.45, 2.75) is 149 Å². The van der Waals surface area contributed by atoms with Crippen LogP contribution >= 0.6 is 0 Å². The van der Waals surface area contributed by atoms with Gasteiger partial charge in [0.15, 0.2) is 5.71 Å². The van der Waals surface area contributed by atoms with Crippen molar-refractivity contribution in [1.82, 2.24) is 10.2 Å². The van der Waals surface area contributed by atoms with Gasteiger partial charge in [0.1, 0.15) is 6.54 Å². The van der Waals surface area contributed by atoms with Crippen LogP contribution in [0.5, 0.6) is 0 Å². The van der Waals surface area contributed by atoms with E-state index in [4.69, 9.17) is 13.3 Å². The molecule has 2 aromatic carbocycles. The second-order valence-corrected chi connectivity index (χ2v) is 21.8. The maximum absolute atomic E-state index is 12.9. The van der Waals surface area contributed by atoms with Crippen molar-refractivity contribution < 1.29 is 22.6 Å². The second-order valence-electron chi connectivity index (χ2n) is 19.1. The Balaban J connectivity index is 1.14. The number of anilines is 1. The predicted molar refractivity (Wildman–Crippen MR) is 260 cm³/mol. The van der Waals surface area contributed by atoms with Crippen LogP contribution in [0.2, 0.25) is 6.04 Å². The molecule has 1 aliphatic carbocycles. The Morgan fingerprint density at radius 1 is 0.839 bits per heavy atom. The molecular formula is C53H81N4O4Si+. The molecule has 0 radical (unpaired) electrons. The lowest BCUT2D eigenvalue weighted by Gasteiger charge is -2.39. The number of likely N-dealkylation sites (tertiary alicyclic amines) is 1. The Kier molecular flexibility index (Phi) is 17.1. The molecule has 0 spiro atoms. The smallest absolute Gasteiger partial charge is 0.374 e. The zero-order chi connectivity index (χ0) is 44.3. The van der Waals surface area contributed by atoms with Gasteiger partial charge in [-0.05, 0) is 129 Å². The summed E-state index contributed by atoms with van der Waals surface area (Å²) in [5.41, 5.74) is 9.95. The van der Waals surface area contributed by atoms with Gasteiger partial charge in [-0.2, -0.15) is 4.58 Å². The summed E-state index contributed by atoms with van der Waals surface area (Å²) in [7, 11) is -2.68. The van der Waals surface area contributed by atoms with Crippen molar-refractivity contribution in [2.75, 3.05) is 57.4 Å². The Bertz CT molecular complexity index is 1910. The van der Waals surface area contributed by atoms with Crippen molar-refractivity contribution in [3.63, 3.8) is 0 Å². The topological polar surface area (TPSA) is 66.3 Å². The van der Waals surface area contributed by atoms with E-state index in [0.717, 1.165) is 70.7 Å². The molecule has 1 N–H and O–H groups in total. The molecule has 62 heavy (non-hydrogen) atoms. The van der Waals surface area contributed by atoms with Gasteiger partial charge in [0.05, 0.1) is 5.41 Å². The van der Waals surface area contributed by atoms with Gasteiger partial charge in [-0.15, -0.1) is 0 Å². The standard InChI is InChI=1S/C53H80N4O4Si/c1-10-36-56-46-24-17-15-22-44(46)52(6,7)48(56)31-29-42-27-28-43(30-32-49-53(8,9)45-23-16-18-25-47(45)57(49)37-11-2)51(42)55-38-33-41(34-39-55)21-19-26-50(58)54-35-20-40-62(59-12-3,60-13-4)61-14-5/h15-18,22-25,29-32,41-42,51H,10-14,19-21,26-28,33-40H2,1-9H3/p+1/b31-29+,43-30+,49-32+. The predicted octanol–water partition coefficient (Wildman–Crippen LogP) is 11.3. The fraction of sp³-hybridized carbons (Fsp3) is 0.623. The van der Waals surface area contributed by atoms with Gasteiger partial charge in [0, 0.05) is 92.3 Å². The molecule has 1 amide bonds. The van der Waals surface area contributed by atoms with E-state index >= 15 is 0 Å². The van der Waals surface area contributed by atoms with Crippen LogP contribution in [0, 0.1) is 11.8 Å². The van der Waals surface area contributed by atoms with Crippen LogP contribution in [0.25, 0.3) is 0 Å². The van der Waals surface area contributed by atoms with Crippen molar-refractivity contribution >= 4 is 31.8 Å².